The number of aromatic amines is 1. The van der Waals surface area contributed by atoms with E-state index in [1.165, 1.54) is 0 Å². The largest absolute Gasteiger partial charge is 0.378 e. The van der Waals surface area contributed by atoms with Crippen LogP contribution in [0.2, 0.25) is 0 Å². The average molecular weight is 349 g/mol. The van der Waals surface area contributed by atoms with Crippen molar-refractivity contribution < 1.29 is 9.53 Å². The van der Waals surface area contributed by atoms with Crippen LogP contribution in [0.5, 0.6) is 0 Å². The molecule has 2 N–H and O–H groups in total. The first kappa shape index (κ1) is 17.9. The highest BCUT2D eigenvalue weighted by atomic mass is 16.5. The van der Waals surface area contributed by atoms with Gasteiger partial charge in [0.25, 0.3) is 5.56 Å². The van der Waals surface area contributed by atoms with E-state index < -0.39 is 0 Å². The standard InChI is InChI=1S/C17H27N5O3/c1-13(11-15(23)21-7-9-25-10-8-21)20-14-3-2-6-22(12-14)16-17(24)19-5-4-18-16/h4-5,13-14,20H,2-3,6-12H2,1H3,(H,19,24)/t13-,14+/m0/s1. The second-order valence-corrected chi connectivity index (χ2v) is 6.79. The number of amides is 1. The van der Waals surface area contributed by atoms with Gasteiger partial charge in [-0.2, -0.15) is 0 Å². The number of rotatable bonds is 5. The van der Waals surface area contributed by atoms with Crippen LogP contribution in [0.15, 0.2) is 17.2 Å². The molecule has 2 fully saturated rings. The van der Waals surface area contributed by atoms with Crippen LogP contribution in [0.4, 0.5) is 5.82 Å². The van der Waals surface area contributed by atoms with E-state index in [1.807, 2.05) is 16.7 Å². The fourth-order valence-corrected chi connectivity index (χ4v) is 3.54. The molecule has 3 rings (SSSR count). The average Bonchev–Trinajstić information content (AvgIpc) is 2.63. The maximum absolute atomic E-state index is 12.3. The maximum Gasteiger partial charge on any atom is 0.290 e. The predicted molar refractivity (Wildman–Crippen MR) is 94.7 cm³/mol. The molecule has 3 heterocycles. The molecule has 0 spiro atoms. The van der Waals surface area contributed by atoms with Crippen LogP contribution >= 0.6 is 0 Å². The fraction of sp³-hybridized carbons (Fsp3) is 0.706. The number of ether oxygens (including phenoxy) is 1. The molecule has 0 radical (unpaired) electrons. The lowest BCUT2D eigenvalue weighted by Crippen LogP contribution is -2.51. The first-order valence-electron chi connectivity index (χ1n) is 9.03. The second kappa shape index (κ2) is 8.44. The second-order valence-electron chi connectivity index (χ2n) is 6.79. The molecule has 2 atom stereocenters. The summed E-state index contributed by atoms with van der Waals surface area (Å²) in [6.45, 7) is 6.24. The number of hydrogen-bond acceptors (Lipinski definition) is 6. The van der Waals surface area contributed by atoms with E-state index in [4.69, 9.17) is 4.74 Å². The van der Waals surface area contributed by atoms with E-state index in [-0.39, 0.29) is 23.6 Å². The van der Waals surface area contributed by atoms with Gasteiger partial charge in [0.05, 0.1) is 13.2 Å². The van der Waals surface area contributed by atoms with Gasteiger partial charge in [-0.1, -0.05) is 0 Å². The van der Waals surface area contributed by atoms with Crippen molar-refractivity contribution in [3.05, 3.63) is 22.7 Å². The van der Waals surface area contributed by atoms with Crippen molar-refractivity contribution in [2.45, 2.75) is 38.3 Å². The SMILES string of the molecule is C[C@@H](CC(=O)N1CCOCC1)N[C@@H]1CCCN(c2ncc[nH]c2=O)C1. The molecule has 1 aromatic heterocycles. The third kappa shape index (κ3) is 4.79. The highest BCUT2D eigenvalue weighted by Gasteiger charge is 2.25. The number of morpholine rings is 1. The third-order valence-corrected chi connectivity index (χ3v) is 4.77. The molecule has 1 amide bonds. The van der Waals surface area contributed by atoms with Crippen molar-refractivity contribution in [3.63, 3.8) is 0 Å². The number of carbonyl (C=O) groups excluding carboxylic acids is 1. The smallest absolute Gasteiger partial charge is 0.290 e. The third-order valence-electron chi connectivity index (χ3n) is 4.77. The Labute approximate surface area is 147 Å². The van der Waals surface area contributed by atoms with E-state index in [0.29, 0.717) is 38.5 Å². The lowest BCUT2D eigenvalue weighted by Gasteiger charge is -2.35. The zero-order valence-corrected chi connectivity index (χ0v) is 14.7. The minimum absolute atomic E-state index is 0.0994. The van der Waals surface area contributed by atoms with Crippen LogP contribution in [-0.4, -0.2) is 72.3 Å². The van der Waals surface area contributed by atoms with Gasteiger partial charge in [-0.05, 0) is 19.8 Å². The van der Waals surface area contributed by atoms with Gasteiger partial charge in [0.2, 0.25) is 5.91 Å². The van der Waals surface area contributed by atoms with Gasteiger partial charge < -0.3 is 24.8 Å². The summed E-state index contributed by atoms with van der Waals surface area (Å²) in [6.07, 6.45) is 5.68. The normalized spacial score (nSPS) is 22.7. The molecule has 2 saturated heterocycles. The highest BCUT2D eigenvalue weighted by Crippen LogP contribution is 2.15. The fourth-order valence-electron chi connectivity index (χ4n) is 3.54. The lowest BCUT2D eigenvalue weighted by atomic mass is 10.0. The van der Waals surface area contributed by atoms with Crippen LogP contribution in [0.25, 0.3) is 0 Å². The monoisotopic (exact) mass is 349 g/mol. The summed E-state index contributed by atoms with van der Waals surface area (Å²) < 4.78 is 5.29. The van der Waals surface area contributed by atoms with E-state index in [0.717, 1.165) is 25.9 Å². The minimum atomic E-state index is -0.154. The Hall–Kier alpha value is -1.93. The summed E-state index contributed by atoms with van der Waals surface area (Å²) in [7, 11) is 0. The molecule has 0 unspecified atom stereocenters. The molecule has 0 aromatic carbocycles. The molecule has 1 aromatic rings. The maximum atomic E-state index is 12.3. The molecular weight excluding hydrogens is 322 g/mol. The zero-order chi connectivity index (χ0) is 17.6. The molecule has 8 heteroatoms. The van der Waals surface area contributed by atoms with Gasteiger partial charge >= 0.3 is 0 Å². The van der Waals surface area contributed by atoms with Gasteiger partial charge in [-0.25, -0.2) is 4.98 Å². The number of anilines is 1. The summed E-state index contributed by atoms with van der Waals surface area (Å²) in [4.78, 5) is 35.1. The van der Waals surface area contributed by atoms with Crippen LogP contribution < -0.4 is 15.8 Å². The molecule has 8 nitrogen and oxygen atoms in total. The summed E-state index contributed by atoms with van der Waals surface area (Å²) in [6, 6.07) is 0.352. The van der Waals surface area contributed by atoms with Gasteiger partial charge in [-0.3, -0.25) is 9.59 Å². The predicted octanol–water partition coefficient (Wildman–Crippen LogP) is -0.0343. The molecular formula is C17H27N5O3. The van der Waals surface area contributed by atoms with E-state index in [2.05, 4.69) is 15.3 Å². The quantitative estimate of drug-likeness (QED) is 0.776. The van der Waals surface area contributed by atoms with Crippen molar-refractivity contribution in [1.82, 2.24) is 20.2 Å². The molecule has 0 bridgehead atoms. The van der Waals surface area contributed by atoms with Crippen molar-refractivity contribution in [3.8, 4) is 0 Å². The van der Waals surface area contributed by atoms with Crippen molar-refractivity contribution in [2.75, 3.05) is 44.3 Å². The van der Waals surface area contributed by atoms with Crippen LogP contribution in [0.1, 0.15) is 26.2 Å². The van der Waals surface area contributed by atoms with Crippen LogP contribution in [-0.2, 0) is 9.53 Å². The van der Waals surface area contributed by atoms with Crippen molar-refractivity contribution in [2.24, 2.45) is 0 Å². The lowest BCUT2D eigenvalue weighted by molar-refractivity contribution is -0.135. The Bertz CT molecular complexity index is 629. The minimum Gasteiger partial charge on any atom is -0.378 e. The molecule has 2 aliphatic heterocycles. The number of nitrogens with one attached hydrogen (secondary N) is 2. The van der Waals surface area contributed by atoms with E-state index >= 15 is 0 Å². The van der Waals surface area contributed by atoms with Gasteiger partial charge in [0.1, 0.15) is 0 Å². The zero-order valence-electron chi connectivity index (χ0n) is 14.7. The number of carbonyl (C=O) groups is 1. The van der Waals surface area contributed by atoms with Gasteiger partial charge in [0.15, 0.2) is 5.82 Å². The topological polar surface area (TPSA) is 90.6 Å². The highest BCUT2D eigenvalue weighted by molar-refractivity contribution is 5.76. The molecule has 138 valence electrons. The molecule has 2 aliphatic rings. The summed E-state index contributed by atoms with van der Waals surface area (Å²) in [5, 5.41) is 3.55. The number of nitrogens with zero attached hydrogens (tertiary/aromatic N) is 3. The Kier molecular flexibility index (Phi) is 6.04. The number of hydrogen-bond donors (Lipinski definition) is 2. The molecule has 25 heavy (non-hydrogen) atoms. The first-order valence-corrected chi connectivity index (χ1v) is 9.03. The molecule has 0 saturated carbocycles. The summed E-state index contributed by atoms with van der Waals surface area (Å²) >= 11 is 0. The first-order chi connectivity index (χ1) is 12.1. The van der Waals surface area contributed by atoms with Gasteiger partial charge in [0, 0.05) is 57.1 Å². The number of piperidine rings is 1. The van der Waals surface area contributed by atoms with E-state index in [1.54, 1.807) is 12.4 Å². The number of H-pyrrole nitrogens is 1. The van der Waals surface area contributed by atoms with Crippen LogP contribution in [0, 0.1) is 0 Å². The Balaban J connectivity index is 1.51. The molecule has 0 aliphatic carbocycles. The van der Waals surface area contributed by atoms with Crippen molar-refractivity contribution >= 4 is 11.7 Å². The van der Waals surface area contributed by atoms with Gasteiger partial charge in [-0.15, -0.1) is 0 Å². The van der Waals surface area contributed by atoms with Crippen molar-refractivity contribution in [1.29, 1.82) is 0 Å². The van der Waals surface area contributed by atoms with E-state index in [9.17, 15) is 9.59 Å². The Morgan fingerprint density at radius 3 is 3.00 bits per heavy atom. The summed E-state index contributed by atoms with van der Waals surface area (Å²) in [5.74, 6) is 0.656. The Morgan fingerprint density at radius 1 is 1.44 bits per heavy atom. The summed E-state index contributed by atoms with van der Waals surface area (Å²) in [5.41, 5.74) is -0.154. The number of aromatic nitrogens is 2. The Morgan fingerprint density at radius 2 is 2.24 bits per heavy atom. The van der Waals surface area contributed by atoms with Crippen LogP contribution in [0.3, 0.4) is 0 Å².